The Morgan fingerprint density at radius 1 is 0.912 bits per heavy atom. The maximum Gasteiger partial charge on any atom is 0.323 e. The zero-order valence-corrected chi connectivity index (χ0v) is 19.5. The molecule has 9 heteroatoms. The number of hydrogen-bond donors (Lipinski definition) is 3. The lowest BCUT2D eigenvalue weighted by molar-refractivity contribution is 0.102. The lowest BCUT2D eigenvalue weighted by atomic mass is 10.1. The highest BCUT2D eigenvalue weighted by molar-refractivity contribution is 7.98. The van der Waals surface area contributed by atoms with Gasteiger partial charge in [-0.15, -0.1) is 0 Å². The van der Waals surface area contributed by atoms with Crippen LogP contribution in [0.3, 0.4) is 0 Å². The molecule has 0 aliphatic rings. The Hall–Kier alpha value is -4.11. The van der Waals surface area contributed by atoms with E-state index in [-0.39, 0.29) is 11.9 Å². The number of aryl methyl sites for hydroxylation is 2. The van der Waals surface area contributed by atoms with Crippen LogP contribution in [-0.4, -0.2) is 22.1 Å². The van der Waals surface area contributed by atoms with Gasteiger partial charge in [0.25, 0.3) is 5.91 Å². The molecular weight excluding hydrogens is 450 g/mol. The van der Waals surface area contributed by atoms with E-state index in [4.69, 9.17) is 4.52 Å². The molecule has 2 heterocycles. The fourth-order valence-electron chi connectivity index (χ4n) is 3.15. The number of thioether (sulfide) groups is 1. The van der Waals surface area contributed by atoms with Crippen LogP contribution in [0.2, 0.25) is 0 Å². The molecule has 0 atom stereocenters. The monoisotopic (exact) mass is 473 g/mol. The van der Waals surface area contributed by atoms with Crippen LogP contribution in [0, 0.1) is 13.8 Å². The van der Waals surface area contributed by atoms with E-state index >= 15 is 0 Å². The number of aromatic nitrogens is 2. The first-order valence-electron chi connectivity index (χ1n) is 10.5. The Bertz CT molecular complexity index is 1310. The summed E-state index contributed by atoms with van der Waals surface area (Å²) in [6.07, 6.45) is 1.65. The van der Waals surface area contributed by atoms with Gasteiger partial charge in [-0.1, -0.05) is 41.2 Å². The molecule has 4 rings (SSSR count). The minimum Gasteiger partial charge on any atom is -0.361 e. The van der Waals surface area contributed by atoms with Crippen LogP contribution in [-0.2, 0) is 5.75 Å². The van der Waals surface area contributed by atoms with Crippen LogP contribution >= 0.6 is 11.8 Å². The van der Waals surface area contributed by atoms with Gasteiger partial charge in [0.1, 0.15) is 10.8 Å². The summed E-state index contributed by atoms with van der Waals surface area (Å²) in [5.41, 5.74) is 3.92. The second kappa shape index (κ2) is 10.7. The van der Waals surface area contributed by atoms with Crippen LogP contribution in [0.5, 0.6) is 0 Å². The van der Waals surface area contributed by atoms with Crippen molar-refractivity contribution in [2.24, 2.45) is 0 Å². The van der Waals surface area contributed by atoms with Crippen molar-refractivity contribution in [3.8, 4) is 0 Å². The molecule has 0 bridgehead atoms. The molecule has 8 nitrogen and oxygen atoms in total. The first-order chi connectivity index (χ1) is 16.5. The zero-order valence-electron chi connectivity index (χ0n) is 18.7. The summed E-state index contributed by atoms with van der Waals surface area (Å²) < 4.78 is 5.10. The molecule has 0 saturated heterocycles. The van der Waals surface area contributed by atoms with Crippen LogP contribution in [0.15, 0.2) is 82.5 Å². The average molecular weight is 474 g/mol. The van der Waals surface area contributed by atoms with Crippen LogP contribution in [0.1, 0.15) is 27.4 Å². The van der Waals surface area contributed by atoms with Crippen LogP contribution in [0.25, 0.3) is 0 Å². The molecule has 0 unspecified atom stereocenters. The van der Waals surface area contributed by atoms with E-state index in [1.165, 1.54) is 11.8 Å². The van der Waals surface area contributed by atoms with Gasteiger partial charge in [-0.3, -0.25) is 4.79 Å². The highest BCUT2D eigenvalue weighted by Gasteiger charge is 2.15. The number of nitrogens with one attached hydrogen (secondary N) is 3. The Balaban J connectivity index is 1.44. The third-order valence-corrected chi connectivity index (χ3v) is 5.86. The third-order valence-electron chi connectivity index (χ3n) is 4.82. The normalized spacial score (nSPS) is 10.5. The van der Waals surface area contributed by atoms with Gasteiger partial charge in [0.2, 0.25) is 0 Å². The second-order valence-corrected chi connectivity index (χ2v) is 8.47. The first kappa shape index (κ1) is 23.1. The van der Waals surface area contributed by atoms with Crippen molar-refractivity contribution in [2.45, 2.75) is 24.6 Å². The lowest BCUT2D eigenvalue weighted by Crippen LogP contribution is -2.20. The first-order valence-corrected chi connectivity index (χ1v) is 11.5. The SMILES string of the molecule is Cc1cc(CSc2ncccc2C(=O)Nc2cc(NC(=O)Nc3ccccc3)ccc2C)no1. The van der Waals surface area contributed by atoms with Crippen molar-refractivity contribution in [1.82, 2.24) is 10.1 Å². The van der Waals surface area contributed by atoms with Gasteiger partial charge in [0, 0.05) is 35.1 Å². The van der Waals surface area contributed by atoms with Gasteiger partial charge in [-0.05, 0) is 55.8 Å². The van der Waals surface area contributed by atoms with E-state index in [9.17, 15) is 9.59 Å². The average Bonchev–Trinajstić information content (AvgIpc) is 3.25. The lowest BCUT2D eigenvalue weighted by Gasteiger charge is -2.13. The van der Waals surface area contributed by atoms with Gasteiger partial charge < -0.3 is 20.5 Å². The van der Waals surface area contributed by atoms with Gasteiger partial charge in [-0.25, -0.2) is 9.78 Å². The molecule has 0 aliphatic heterocycles. The van der Waals surface area contributed by atoms with E-state index in [1.807, 2.05) is 44.2 Å². The number of urea groups is 1. The van der Waals surface area contributed by atoms with Crippen molar-refractivity contribution >= 4 is 40.8 Å². The van der Waals surface area contributed by atoms with Crippen molar-refractivity contribution in [3.63, 3.8) is 0 Å². The number of anilines is 3. The molecule has 0 fully saturated rings. The molecule has 4 aromatic rings. The van der Waals surface area contributed by atoms with Gasteiger partial charge >= 0.3 is 6.03 Å². The fraction of sp³-hybridized carbons (Fsp3) is 0.120. The predicted molar refractivity (Wildman–Crippen MR) is 133 cm³/mol. The summed E-state index contributed by atoms with van der Waals surface area (Å²) in [4.78, 5) is 29.8. The summed E-state index contributed by atoms with van der Waals surface area (Å²) in [6, 6.07) is 19.4. The highest BCUT2D eigenvalue weighted by atomic mass is 32.2. The summed E-state index contributed by atoms with van der Waals surface area (Å²) >= 11 is 1.41. The van der Waals surface area contributed by atoms with E-state index < -0.39 is 0 Å². The number of amides is 3. The number of carbonyl (C=O) groups is 2. The van der Waals surface area contributed by atoms with Gasteiger partial charge in [0.05, 0.1) is 11.3 Å². The van der Waals surface area contributed by atoms with E-state index in [2.05, 4.69) is 26.1 Å². The largest absolute Gasteiger partial charge is 0.361 e. The van der Waals surface area contributed by atoms with Crippen molar-refractivity contribution < 1.29 is 14.1 Å². The molecule has 3 N–H and O–H groups in total. The number of carbonyl (C=O) groups excluding carboxylic acids is 2. The predicted octanol–water partition coefficient (Wildman–Crippen LogP) is 5.88. The molecule has 2 aromatic carbocycles. The zero-order chi connectivity index (χ0) is 23.9. The minimum atomic E-state index is -0.374. The topological polar surface area (TPSA) is 109 Å². The summed E-state index contributed by atoms with van der Waals surface area (Å²) in [7, 11) is 0. The van der Waals surface area contributed by atoms with Crippen LogP contribution in [0.4, 0.5) is 21.9 Å². The molecule has 172 valence electrons. The number of para-hydroxylation sites is 1. The molecular formula is C25H23N5O3S. The molecule has 0 spiro atoms. The molecule has 0 radical (unpaired) electrons. The standard InChI is InChI=1S/C25H23N5O3S/c1-16-10-11-19(28-25(32)27-18-7-4-3-5-8-18)14-22(16)29-23(31)21-9-6-12-26-24(21)34-15-20-13-17(2)33-30-20/h3-14H,15H2,1-2H3,(H,29,31)(H2,27,28,32). The number of hydrogen-bond acceptors (Lipinski definition) is 6. The Labute approximate surface area is 201 Å². The van der Waals surface area contributed by atoms with Crippen molar-refractivity contribution in [1.29, 1.82) is 0 Å². The number of nitrogens with zero attached hydrogens (tertiary/aromatic N) is 2. The maximum absolute atomic E-state index is 13.1. The molecule has 0 aliphatic carbocycles. The van der Waals surface area contributed by atoms with Crippen molar-refractivity contribution in [3.05, 3.63) is 95.5 Å². The quantitative estimate of drug-likeness (QED) is 0.289. The Kier molecular flexibility index (Phi) is 7.24. The third kappa shape index (κ3) is 6.02. The van der Waals surface area contributed by atoms with Crippen molar-refractivity contribution in [2.75, 3.05) is 16.0 Å². The van der Waals surface area contributed by atoms with E-state index in [0.29, 0.717) is 33.4 Å². The minimum absolute atomic E-state index is 0.291. The molecule has 3 amide bonds. The molecule has 34 heavy (non-hydrogen) atoms. The van der Waals surface area contributed by atoms with E-state index in [1.54, 1.807) is 42.6 Å². The number of rotatable bonds is 7. The summed E-state index contributed by atoms with van der Waals surface area (Å²) in [5, 5.41) is 13.1. The second-order valence-electron chi connectivity index (χ2n) is 7.50. The smallest absolute Gasteiger partial charge is 0.323 e. The highest BCUT2D eigenvalue weighted by Crippen LogP contribution is 2.26. The number of benzene rings is 2. The van der Waals surface area contributed by atoms with E-state index in [0.717, 1.165) is 17.0 Å². The Morgan fingerprint density at radius 2 is 1.71 bits per heavy atom. The molecule has 0 saturated carbocycles. The van der Waals surface area contributed by atoms with Crippen LogP contribution < -0.4 is 16.0 Å². The number of pyridine rings is 1. The molecule has 2 aromatic heterocycles. The summed E-state index contributed by atoms with van der Waals surface area (Å²) in [6.45, 7) is 3.71. The van der Waals surface area contributed by atoms with Gasteiger partial charge in [-0.2, -0.15) is 0 Å². The van der Waals surface area contributed by atoms with Gasteiger partial charge in [0.15, 0.2) is 0 Å². The summed E-state index contributed by atoms with van der Waals surface area (Å²) in [5.74, 6) is 0.973. The Morgan fingerprint density at radius 3 is 2.47 bits per heavy atom. The maximum atomic E-state index is 13.1. The fourth-order valence-corrected chi connectivity index (χ4v) is 4.02.